The number of pyridine rings is 2. The molecule has 2 aromatic carbocycles. The first-order valence-electron chi connectivity index (χ1n) is 21.8. The minimum absolute atomic E-state index is 0.0414. The SMILES string of the molecule is CC(C)(C)OC(=O)N[C@]1(C)CNC[C@@H]1CF.Cc1c(F)c(F)cc2c(=O)c(C(=O)OB(F)F)cn([C@@H]3C[C@@H]3F)c12.Cc1c(N2C[C@H](CF)[C@](C)(N)C2)c(F)cc2c(=O)c(C(=O)O)cn([C@@H]3C[C@@H]3F)c12. The predicted octanol–water partition coefficient (Wildman–Crippen LogP) is 6.96. The summed E-state index contributed by atoms with van der Waals surface area (Å²) < 4.78 is 132. The van der Waals surface area contributed by atoms with Gasteiger partial charge in [0.25, 0.3) is 0 Å². The van der Waals surface area contributed by atoms with Crippen molar-refractivity contribution in [2.75, 3.05) is 44.4 Å². The van der Waals surface area contributed by atoms with Gasteiger partial charge in [-0.1, -0.05) is 0 Å². The molecule has 0 spiro atoms. The molecule has 14 nitrogen and oxygen atoms in total. The summed E-state index contributed by atoms with van der Waals surface area (Å²) >= 11 is 0. The summed E-state index contributed by atoms with van der Waals surface area (Å²) in [6, 6.07) is 0.153. The van der Waals surface area contributed by atoms with Crippen LogP contribution in [0.2, 0.25) is 0 Å². The van der Waals surface area contributed by atoms with E-state index in [1.807, 2.05) is 6.92 Å². The molecule has 0 radical (unpaired) electrons. The second kappa shape index (κ2) is 19.6. The number of ether oxygens (including phenoxy) is 1. The molecule has 69 heavy (non-hydrogen) atoms. The Morgan fingerprint density at radius 1 is 0.884 bits per heavy atom. The van der Waals surface area contributed by atoms with Crippen LogP contribution in [0.1, 0.15) is 91.4 Å². The van der Waals surface area contributed by atoms with Crippen LogP contribution in [0.5, 0.6) is 0 Å². The maximum Gasteiger partial charge on any atom is 0.798 e. The van der Waals surface area contributed by atoms with E-state index >= 15 is 4.39 Å². The molecule has 2 aliphatic heterocycles. The van der Waals surface area contributed by atoms with E-state index in [1.54, 1.807) is 39.5 Å². The van der Waals surface area contributed by atoms with Gasteiger partial charge in [0.2, 0.25) is 10.9 Å². The predicted molar refractivity (Wildman–Crippen MR) is 238 cm³/mol. The molecule has 376 valence electrons. The summed E-state index contributed by atoms with van der Waals surface area (Å²) in [5.41, 5.74) is 1.53. The first kappa shape index (κ1) is 52.6. The van der Waals surface area contributed by atoms with Crippen LogP contribution in [-0.4, -0.2) is 108 Å². The lowest BCUT2D eigenvalue weighted by atomic mass is 9.90. The molecule has 2 aromatic heterocycles. The zero-order valence-electron chi connectivity index (χ0n) is 38.6. The summed E-state index contributed by atoms with van der Waals surface area (Å²) in [4.78, 5) is 61.3. The highest BCUT2D eigenvalue weighted by atomic mass is 19.2. The highest BCUT2D eigenvalue weighted by Crippen LogP contribution is 2.44. The Morgan fingerprint density at radius 2 is 1.39 bits per heavy atom. The molecule has 0 unspecified atom stereocenters. The van der Waals surface area contributed by atoms with Crippen LogP contribution in [0.15, 0.2) is 34.1 Å². The monoisotopic (exact) mass is 986 g/mol. The van der Waals surface area contributed by atoms with Crippen LogP contribution in [-0.2, 0) is 9.39 Å². The van der Waals surface area contributed by atoms with Crippen molar-refractivity contribution in [3.63, 3.8) is 0 Å². The molecule has 2 aliphatic carbocycles. The third kappa shape index (κ3) is 10.9. The molecule has 1 amide bonds. The van der Waals surface area contributed by atoms with E-state index < -0.39 is 131 Å². The average Bonchev–Trinajstić information content (AvgIpc) is 4.09. The first-order valence-corrected chi connectivity index (χ1v) is 21.8. The number of halogens is 9. The fraction of sp³-hybridized carbons (Fsp3) is 0.533. The van der Waals surface area contributed by atoms with Crippen LogP contribution in [0.25, 0.3) is 21.8 Å². The third-order valence-electron chi connectivity index (χ3n) is 12.8. The number of nitrogens with two attached hydrogens (primary N) is 1. The molecular weight excluding hydrogens is 934 g/mol. The molecule has 8 atom stereocenters. The van der Waals surface area contributed by atoms with Gasteiger partial charge in [0.1, 0.15) is 34.9 Å². The molecule has 4 heterocycles. The number of carbonyl (C=O) groups excluding carboxylic acids is 2. The molecular formula is C45H52BF9N6O8. The summed E-state index contributed by atoms with van der Waals surface area (Å²) in [6.07, 6.45) is -0.737. The van der Waals surface area contributed by atoms with Gasteiger partial charge in [0, 0.05) is 85.1 Å². The first-order chi connectivity index (χ1) is 32.0. The van der Waals surface area contributed by atoms with Crippen LogP contribution in [0.4, 0.5) is 49.8 Å². The number of alkyl halides is 4. The molecule has 24 heteroatoms. The zero-order valence-corrected chi connectivity index (χ0v) is 38.6. The van der Waals surface area contributed by atoms with Gasteiger partial charge in [-0.3, -0.25) is 18.4 Å². The van der Waals surface area contributed by atoms with Crippen LogP contribution < -0.4 is 32.1 Å². The third-order valence-corrected chi connectivity index (χ3v) is 12.8. The minimum Gasteiger partial charge on any atom is -0.477 e. The van der Waals surface area contributed by atoms with E-state index in [0.717, 1.165) is 23.0 Å². The van der Waals surface area contributed by atoms with Crippen molar-refractivity contribution in [2.45, 2.75) is 102 Å². The lowest BCUT2D eigenvalue weighted by molar-refractivity contribution is 0.0440. The number of hydrogen-bond acceptors (Lipinski definition) is 10. The van der Waals surface area contributed by atoms with Crippen molar-refractivity contribution in [1.29, 1.82) is 0 Å². The number of nitrogens with one attached hydrogen (secondary N) is 2. The Kier molecular flexibility index (Phi) is 14.9. The number of carboxylic acids is 1. The van der Waals surface area contributed by atoms with Crippen LogP contribution in [0.3, 0.4) is 0 Å². The number of rotatable bonds is 9. The lowest BCUT2D eigenvalue weighted by Crippen LogP contribution is -2.53. The van der Waals surface area contributed by atoms with Crippen molar-refractivity contribution < 1.29 is 68.2 Å². The van der Waals surface area contributed by atoms with E-state index in [9.17, 15) is 64.1 Å². The lowest BCUT2D eigenvalue weighted by Gasteiger charge is -2.31. The van der Waals surface area contributed by atoms with Gasteiger partial charge in [-0.05, 0) is 66.2 Å². The normalized spacial score (nSPS) is 25.9. The highest BCUT2D eigenvalue weighted by molar-refractivity contribution is 6.38. The molecule has 4 aliphatic rings. The second-order valence-corrected chi connectivity index (χ2v) is 19.4. The van der Waals surface area contributed by atoms with E-state index in [2.05, 4.69) is 15.3 Å². The second-order valence-electron chi connectivity index (χ2n) is 19.4. The largest absolute Gasteiger partial charge is 0.798 e. The molecule has 4 fully saturated rings. The highest BCUT2D eigenvalue weighted by Gasteiger charge is 2.45. The Bertz CT molecular complexity index is 2810. The Labute approximate surface area is 389 Å². The summed E-state index contributed by atoms with van der Waals surface area (Å²) in [7, 11) is -3.46. The summed E-state index contributed by atoms with van der Waals surface area (Å²) in [5.74, 6) is -7.02. The van der Waals surface area contributed by atoms with Gasteiger partial charge < -0.3 is 44.9 Å². The fourth-order valence-electron chi connectivity index (χ4n) is 8.82. The Balaban J connectivity index is 0.000000178. The van der Waals surface area contributed by atoms with Crippen molar-refractivity contribution in [2.24, 2.45) is 17.6 Å². The maximum absolute atomic E-state index is 15.1. The number of carboxylic acid groups (broad SMARTS) is 1. The number of aromatic nitrogens is 2. The Morgan fingerprint density at radius 3 is 1.87 bits per heavy atom. The summed E-state index contributed by atoms with van der Waals surface area (Å²) in [5, 5.41) is 14.6. The minimum atomic E-state index is -3.46. The molecule has 2 saturated heterocycles. The number of alkyl carbamates (subject to hydrolysis) is 1. The fourth-order valence-corrected chi connectivity index (χ4v) is 8.82. The van der Waals surface area contributed by atoms with Crippen molar-refractivity contribution in [3.8, 4) is 0 Å². The number of amides is 1. The number of nitrogens with zero attached hydrogens (tertiary/aromatic N) is 3. The number of aromatic carboxylic acids is 1. The number of fused-ring (bicyclic) bond motifs is 2. The number of aryl methyl sites for hydroxylation is 2. The molecule has 0 bridgehead atoms. The standard InChI is InChI=1S/C20H22F3N3O3.C14H9BF5NO3.C11H21FN2O2/c1-9-16-11(18(27)12(19(28)29)7-26(16)15-4-13(15)22)3-14(23)17(9)25-6-10(5-21)20(2,24)8-25;1-5-11(18)9(17)2-6-12(5)21(10-3-8(10)16)4-7(13(6)22)14(23)24-15(19)20;1-10(2,3)16-9(15)14-11(4)7-13-6-8(11)5-12/h3,7,10,13,15H,4-6,8,24H2,1-2H3,(H,28,29);2,4,8,10H,3H2,1H3;8,13H,5-7H2,1-4H3,(H,14,15)/t10-,13-,15+,20+;8-,10+;8-,11+/m000/s1. The zero-order chi connectivity index (χ0) is 51.4. The van der Waals surface area contributed by atoms with Gasteiger partial charge in [0.15, 0.2) is 11.6 Å². The van der Waals surface area contributed by atoms with Crippen molar-refractivity contribution >= 4 is 53.0 Å². The topological polar surface area (TPSA) is 187 Å². The molecule has 2 saturated carbocycles. The smallest absolute Gasteiger partial charge is 0.477 e. The molecule has 5 N–H and O–H groups in total. The van der Waals surface area contributed by atoms with E-state index in [0.29, 0.717) is 30.2 Å². The average molecular weight is 987 g/mol. The Hall–Kier alpha value is -5.78. The van der Waals surface area contributed by atoms with Gasteiger partial charge in [0.05, 0.1) is 47.7 Å². The van der Waals surface area contributed by atoms with Gasteiger partial charge in [-0.2, -0.15) is 0 Å². The van der Waals surface area contributed by atoms with E-state index in [1.165, 1.54) is 11.5 Å². The number of anilines is 1. The number of carbonyl (C=O) groups is 3. The molecule has 4 aromatic rings. The van der Waals surface area contributed by atoms with Crippen LogP contribution in [0, 0.1) is 43.1 Å². The van der Waals surface area contributed by atoms with Gasteiger partial charge in [-0.25, -0.2) is 45.0 Å². The van der Waals surface area contributed by atoms with Gasteiger partial charge >= 0.3 is 25.5 Å². The van der Waals surface area contributed by atoms with E-state index in [-0.39, 0.29) is 54.0 Å². The van der Waals surface area contributed by atoms with Gasteiger partial charge in [-0.15, -0.1) is 0 Å². The van der Waals surface area contributed by atoms with E-state index in [4.69, 9.17) is 10.5 Å². The van der Waals surface area contributed by atoms with Crippen LogP contribution >= 0.6 is 0 Å². The van der Waals surface area contributed by atoms with Crippen molar-refractivity contribution in [3.05, 3.63) is 84.7 Å². The van der Waals surface area contributed by atoms with Crippen molar-refractivity contribution in [1.82, 2.24) is 19.8 Å². The number of hydrogen-bond donors (Lipinski definition) is 4. The number of benzene rings is 2. The molecule has 8 rings (SSSR count). The quantitative estimate of drug-likeness (QED) is 0.100. The summed E-state index contributed by atoms with van der Waals surface area (Å²) in [6.45, 7) is 12.2. The maximum atomic E-state index is 15.1.